The maximum atomic E-state index is 10.9. The summed E-state index contributed by atoms with van der Waals surface area (Å²) in [6.07, 6.45) is 0. The van der Waals surface area contributed by atoms with E-state index in [1.54, 1.807) is 24.3 Å². The van der Waals surface area contributed by atoms with Gasteiger partial charge in [-0.25, -0.2) is 9.78 Å². The number of benzene rings is 2. The van der Waals surface area contributed by atoms with Gasteiger partial charge in [-0.05, 0) is 56.7 Å². The van der Waals surface area contributed by atoms with E-state index in [0.29, 0.717) is 11.8 Å². The van der Waals surface area contributed by atoms with E-state index in [1.165, 1.54) is 5.56 Å². The van der Waals surface area contributed by atoms with E-state index in [1.807, 2.05) is 32.0 Å². The summed E-state index contributed by atoms with van der Waals surface area (Å²) in [5, 5.41) is 15.4. The van der Waals surface area contributed by atoms with Crippen LogP contribution in [0.4, 0.5) is 23.1 Å². The summed E-state index contributed by atoms with van der Waals surface area (Å²) in [5.74, 6) is 0.184. The Kier molecular flexibility index (Phi) is 4.84. The molecule has 26 heavy (non-hydrogen) atoms. The Morgan fingerprint density at radius 1 is 0.923 bits per heavy atom. The Morgan fingerprint density at radius 2 is 1.65 bits per heavy atom. The van der Waals surface area contributed by atoms with Gasteiger partial charge in [0, 0.05) is 23.1 Å². The van der Waals surface area contributed by atoms with Crippen LogP contribution in [0.1, 0.15) is 27.2 Å². The molecule has 0 saturated heterocycles. The molecular formula is C20H20N4O2. The van der Waals surface area contributed by atoms with Crippen molar-refractivity contribution in [3.05, 3.63) is 70.9 Å². The van der Waals surface area contributed by atoms with E-state index in [0.717, 1.165) is 22.6 Å². The van der Waals surface area contributed by atoms with Gasteiger partial charge in [-0.3, -0.25) is 0 Å². The Hall–Kier alpha value is -3.41. The highest BCUT2D eigenvalue weighted by molar-refractivity contribution is 5.88. The lowest BCUT2D eigenvalue weighted by Gasteiger charge is -2.12. The van der Waals surface area contributed by atoms with Crippen LogP contribution in [0.5, 0.6) is 0 Å². The van der Waals surface area contributed by atoms with Crippen LogP contribution < -0.4 is 10.6 Å². The second kappa shape index (κ2) is 7.23. The Bertz CT molecular complexity index is 953. The van der Waals surface area contributed by atoms with Gasteiger partial charge in [-0.15, -0.1) is 0 Å². The number of aryl methyl sites for hydroxylation is 3. The molecule has 0 radical (unpaired) electrons. The summed E-state index contributed by atoms with van der Waals surface area (Å²) in [6, 6.07) is 14.5. The van der Waals surface area contributed by atoms with Crippen molar-refractivity contribution in [3.63, 3.8) is 0 Å². The van der Waals surface area contributed by atoms with Gasteiger partial charge in [-0.1, -0.05) is 17.7 Å². The molecule has 3 N–H and O–H groups in total. The lowest BCUT2D eigenvalue weighted by molar-refractivity contribution is 0.0697. The second-order valence-corrected chi connectivity index (χ2v) is 6.17. The highest BCUT2D eigenvalue weighted by Gasteiger charge is 2.06. The maximum absolute atomic E-state index is 10.9. The number of aromatic carboxylic acids is 1. The predicted octanol–water partition coefficient (Wildman–Crippen LogP) is 4.59. The van der Waals surface area contributed by atoms with Gasteiger partial charge >= 0.3 is 5.97 Å². The van der Waals surface area contributed by atoms with Gasteiger partial charge in [0.2, 0.25) is 5.95 Å². The van der Waals surface area contributed by atoms with E-state index in [-0.39, 0.29) is 5.56 Å². The van der Waals surface area contributed by atoms with Crippen LogP contribution in [-0.2, 0) is 0 Å². The van der Waals surface area contributed by atoms with Gasteiger partial charge in [0.05, 0.1) is 5.56 Å². The standard InChI is InChI=1S/C20H20N4O2/c1-12-4-9-17(13(2)10-12)23-20-21-14(3)11-18(24-20)22-16-7-5-15(6-8-16)19(25)26/h4-11H,1-3H3,(H,25,26)(H2,21,22,23,24). The third-order valence-corrected chi connectivity index (χ3v) is 3.89. The van der Waals surface area contributed by atoms with E-state index in [9.17, 15) is 4.79 Å². The minimum Gasteiger partial charge on any atom is -0.478 e. The van der Waals surface area contributed by atoms with Crippen molar-refractivity contribution in [1.82, 2.24) is 9.97 Å². The molecule has 0 amide bonds. The summed E-state index contributed by atoms with van der Waals surface area (Å²) in [7, 11) is 0. The molecule has 0 saturated carbocycles. The van der Waals surface area contributed by atoms with Crippen LogP contribution in [0.25, 0.3) is 0 Å². The highest BCUT2D eigenvalue weighted by Crippen LogP contribution is 2.22. The zero-order chi connectivity index (χ0) is 18.7. The molecule has 1 heterocycles. The number of hydrogen-bond donors (Lipinski definition) is 3. The van der Waals surface area contributed by atoms with Crippen molar-refractivity contribution < 1.29 is 9.90 Å². The van der Waals surface area contributed by atoms with Gasteiger partial charge in [0.1, 0.15) is 5.82 Å². The van der Waals surface area contributed by atoms with Crippen LogP contribution in [0.3, 0.4) is 0 Å². The molecule has 0 spiro atoms. The fourth-order valence-electron chi connectivity index (χ4n) is 2.61. The number of hydrogen-bond acceptors (Lipinski definition) is 5. The molecule has 3 aromatic rings. The number of anilines is 4. The quantitative estimate of drug-likeness (QED) is 0.625. The molecular weight excluding hydrogens is 328 g/mol. The Morgan fingerprint density at radius 3 is 2.31 bits per heavy atom. The highest BCUT2D eigenvalue weighted by atomic mass is 16.4. The molecule has 0 bridgehead atoms. The monoisotopic (exact) mass is 348 g/mol. The lowest BCUT2D eigenvalue weighted by Crippen LogP contribution is -2.03. The number of nitrogens with one attached hydrogen (secondary N) is 2. The normalized spacial score (nSPS) is 10.4. The summed E-state index contributed by atoms with van der Waals surface area (Å²) in [6.45, 7) is 5.99. The number of aromatic nitrogens is 2. The van der Waals surface area contributed by atoms with Crippen LogP contribution in [0.15, 0.2) is 48.5 Å². The molecule has 0 fully saturated rings. The minimum atomic E-state index is -0.950. The molecule has 0 aliphatic heterocycles. The number of carbonyl (C=O) groups is 1. The first-order valence-electron chi connectivity index (χ1n) is 8.21. The first-order chi connectivity index (χ1) is 12.4. The average Bonchev–Trinajstić information content (AvgIpc) is 2.57. The van der Waals surface area contributed by atoms with Gasteiger partial charge in [0.25, 0.3) is 0 Å². The van der Waals surface area contributed by atoms with Crippen LogP contribution >= 0.6 is 0 Å². The van der Waals surface area contributed by atoms with Gasteiger partial charge in [-0.2, -0.15) is 4.98 Å². The number of rotatable bonds is 5. The largest absolute Gasteiger partial charge is 0.478 e. The van der Waals surface area contributed by atoms with E-state index in [4.69, 9.17) is 5.11 Å². The zero-order valence-electron chi connectivity index (χ0n) is 14.9. The van der Waals surface area contributed by atoms with Crippen LogP contribution in [0, 0.1) is 20.8 Å². The molecule has 0 atom stereocenters. The summed E-state index contributed by atoms with van der Waals surface area (Å²) < 4.78 is 0. The summed E-state index contributed by atoms with van der Waals surface area (Å²) in [5.41, 5.74) is 5.09. The van der Waals surface area contributed by atoms with E-state index in [2.05, 4.69) is 33.6 Å². The van der Waals surface area contributed by atoms with Crippen molar-refractivity contribution in [1.29, 1.82) is 0 Å². The van der Waals surface area contributed by atoms with Crippen molar-refractivity contribution in [2.75, 3.05) is 10.6 Å². The van der Waals surface area contributed by atoms with E-state index >= 15 is 0 Å². The number of carboxylic acids is 1. The van der Waals surface area contributed by atoms with Gasteiger partial charge < -0.3 is 15.7 Å². The van der Waals surface area contributed by atoms with Crippen molar-refractivity contribution in [2.24, 2.45) is 0 Å². The first-order valence-corrected chi connectivity index (χ1v) is 8.21. The number of nitrogens with zero attached hydrogens (tertiary/aromatic N) is 2. The maximum Gasteiger partial charge on any atom is 0.335 e. The molecule has 132 valence electrons. The molecule has 3 rings (SSSR count). The van der Waals surface area contributed by atoms with Gasteiger partial charge in [0.15, 0.2) is 0 Å². The Balaban J connectivity index is 1.82. The molecule has 0 aliphatic carbocycles. The fraction of sp³-hybridized carbons (Fsp3) is 0.150. The predicted molar refractivity (Wildman–Crippen MR) is 103 cm³/mol. The van der Waals surface area contributed by atoms with Crippen molar-refractivity contribution in [2.45, 2.75) is 20.8 Å². The van der Waals surface area contributed by atoms with Crippen molar-refractivity contribution >= 4 is 29.1 Å². The molecule has 6 heteroatoms. The summed E-state index contributed by atoms with van der Waals surface area (Å²) >= 11 is 0. The fourth-order valence-corrected chi connectivity index (χ4v) is 2.61. The van der Waals surface area contributed by atoms with Crippen molar-refractivity contribution in [3.8, 4) is 0 Å². The average molecular weight is 348 g/mol. The molecule has 0 unspecified atom stereocenters. The smallest absolute Gasteiger partial charge is 0.335 e. The third-order valence-electron chi connectivity index (χ3n) is 3.89. The Labute approximate surface area is 152 Å². The SMILES string of the molecule is Cc1ccc(Nc2nc(C)cc(Nc3ccc(C(=O)O)cc3)n2)c(C)c1. The van der Waals surface area contributed by atoms with E-state index < -0.39 is 5.97 Å². The zero-order valence-corrected chi connectivity index (χ0v) is 14.9. The second-order valence-electron chi connectivity index (χ2n) is 6.17. The van der Waals surface area contributed by atoms with Crippen LogP contribution in [-0.4, -0.2) is 21.0 Å². The molecule has 6 nitrogen and oxygen atoms in total. The third kappa shape index (κ3) is 4.16. The van der Waals surface area contributed by atoms with Crippen LogP contribution in [0.2, 0.25) is 0 Å². The molecule has 1 aromatic heterocycles. The summed E-state index contributed by atoms with van der Waals surface area (Å²) in [4.78, 5) is 19.9. The topological polar surface area (TPSA) is 87.1 Å². The molecule has 2 aromatic carbocycles. The first kappa shape index (κ1) is 17.4. The molecule has 0 aliphatic rings. The minimum absolute atomic E-state index is 0.242. The lowest BCUT2D eigenvalue weighted by atomic mass is 10.1. The number of carboxylic acid groups (broad SMARTS) is 1.